The molecule has 4 nitrogen and oxygen atoms in total. The summed E-state index contributed by atoms with van der Waals surface area (Å²) in [6.45, 7) is 0.760. The summed E-state index contributed by atoms with van der Waals surface area (Å²) in [5.41, 5.74) is 5.39. The normalized spacial score (nSPS) is 23.9. The molecule has 1 amide bonds. The predicted molar refractivity (Wildman–Crippen MR) is 59.4 cm³/mol. The van der Waals surface area contributed by atoms with E-state index >= 15 is 0 Å². The zero-order valence-corrected chi connectivity index (χ0v) is 9.41. The number of likely N-dealkylation sites (N-methyl/N-ethyl adjacent to an activating group) is 1. The van der Waals surface area contributed by atoms with Crippen molar-refractivity contribution in [1.29, 1.82) is 0 Å². The molecule has 2 fully saturated rings. The summed E-state index contributed by atoms with van der Waals surface area (Å²) >= 11 is 0. The highest BCUT2D eigenvalue weighted by Crippen LogP contribution is 2.24. The van der Waals surface area contributed by atoms with Gasteiger partial charge in [0.25, 0.3) is 0 Å². The topological polar surface area (TPSA) is 58.4 Å². The highest BCUT2D eigenvalue weighted by Gasteiger charge is 2.30. The number of amides is 1. The van der Waals surface area contributed by atoms with Crippen LogP contribution < -0.4 is 11.1 Å². The van der Waals surface area contributed by atoms with Gasteiger partial charge in [-0.25, -0.2) is 0 Å². The maximum Gasteiger partial charge on any atom is 0.235 e. The fraction of sp³-hybridized carbons (Fsp3) is 0.909. The van der Waals surface area contributed by atoms with Gasteiger partial charge in [0.15, 0.2) is 0 Å². The van der Waals surface area contributed by atoms with E-state index in [9.17, 15) is 4.79 Å². The smallest absolute Gasteiger partial charge is 0.235 e. The zero-order chi connectivity index (χ0) is 10.8. The van der Waals surface area contributed by atoms with Crippen molar-refractivity contribution in [2.24, 2.45) is 5.73 Å². The second-order valence-electron chi connectivity index (χ2n) is 4.92. The number of nitrogens with two attached hydrogens (primary N) is 1. The van der Waals surface area contributed by atoms with E-state index in [2.05, 4.69) is 17.3 Å². The standard InChI is InChI=1S/C11H21N3O/c1-14(9-3-2-4-9)7-10(11(12)15)13-8-5-6-8/h8-10,13H,2-7H2,1H3,(H2,12,15). The van der Waals surface area contributed by atoms with E-state index in [0.717, 1.165) is 6.54 Å². The molecule has 0 aromatic rings. The van der Waals surface area contributed by atoms with Crippen molar-refractivity contribution in [3.05, 3.63) is 0 Å². The molecule has 15 heavy (non-hydrogen) atoms. The molecule has 1 atom stereocenters. The Bertz CT molecular complexity index is 236. The van der Waals surface area contributed by atoms with Crippen LogP contribution in [0.3, 0.4) is 0 Å². The number of primary amides is 1. The van der Waals surface area contributed by atoms with Gasteiger partial charge in [-0.05, 0) is 32.7 Å². The summed E-state index contributed by atoms with van der Waals surface area (Å²) in [6, 6.07) is 1.05. The van der Waals surface area contributed by atoms with Crippen LogP contribution in [0, 0.1) is 0 Å². The molecule has 0 spiro atoms. The maximum absolute atomic E-state index is 11.3. The molecule has 0 aromatic carbocycles. The zero-order valence-electron chi connectivity index (χ0n) is 9.41. The largest absolute Gasteiger partial charge is 0.368 e. The Kier molecular flexibility index (Phi) is 3.26. The van der Waals surface area contributed by atoms with E-state index < -0.39 is 0 Å². The first kappa shape index (κ1) is 10.9. The third-order valence-electron chi connectivity index (χ3n) is 3.53. The first-order chi connectivity index (χ1) is 7.16. The fourth-order valence-electron chi connectivity index (χ4n) is 2.02. The third kappa shape index (κ3) is 2.92. The van der Waals surface area contributed by atoms with Crippen molar-refractivity contribution in [2.45, 2.75) is 50.2 Å². The monoisotopic (exact) mass is 211 g/mol. The Balaban J connectivity index is 1.78. The predicted octanol–water partition coefficient (Wildman–Crippen LogP) is 0.0766. The van der Waals surface area contributed by atoms with Crippen molar-refractivity contribution in [1.82, 2.24) is 10.2 Å². The Morgan fingerprint density at radius 2 is 2.13 bits per heavy atom. The van der Waals surface area contributed by atoms with Crippen LogP contribution in [0.25, 0.3) is 0 Å². The van der Waals surface area contributed by atoms with Gasteiger partial charge < -0.3 is 16.0 Å². The summed E-state index contributed by atoms with van der Waals surface area (Å²) in [5, 5.41) is 3.31. The number of nitrogens with zero attached hydrogens (tertiary/aromatic N) is 1. The summed E-state index contributed by atoms with van der Waals surface area (Å²) in [6.07, 6.45) is 6.25. The summed E-state index contributed by atoms with van der Waals surface area (Å²) < 4.78 is 0. The second kappa shape index (κ2) is 4.49. The third-order valence-corrected chi connectivity index (χ3v) is 3.53. The highest BCUT2D eigenvalue weighted by atomic mass is 16.1. The van der Waals surface area contributed by atoms with Gasteiger partial charge in [0, 0.05) is 18.6 Å². The summed E-state index contributed by atoms with van der Waals surface area (Å²) in [7, 11) is 2.09. The van der Waals surface area contributed by atoms with Crippen LogP contribution in [-0.4, -0.2) is 42.5 Å². The molecular formula is C11H21N3O. The lowest BCUT2D eigenvalue weighted by Crippen LogP contribution is -2.52. The van der Waals surface area contributed by atoms with Crippen LogP contribution in [0.5, 0.6) is 0 Å². The van der Waals surface area contributed by atoms with Crippen LogP contribution in [0.1, 0.15) is 32.1 Å². The van der Waals surface area contributed by atoms with E-state index in [0.29, 0.717) is 12.1 Å². The molecule has 0 radical (unpaired) electrons. The van der Waals surface area contributed by atoms with Crippen LogP contribution in [-0.2, 0) is 4.79 Å². The molecule has 2 aliphatic carbocycles. The van der Waals surface area contributed by atoms with Crippen LogP contribution >= 0.6 is 0 Å². The Labute approximate surface area is 91.2 Å². The second-order valence-corrected chi connectivity index (χ2v) is 4.92. The fourth-order valence-corrected chi connectivity index (χ4v) is 2.02. The Morgan fingerprint density at radius 1 is 1.47 bits per heavy atom. The molecule has 3 N–H and O–H groups in total. The molecule has 0 aliphatic heterocycles. The lowest BCUT2D eigenvalue weighted by Gasteiger charge is -2.36. The van der Waals surface area contributed by atoms with Crippen LogP contribution in [0.4, 0.5) is 0 Å². The number of hydrogen-bond donors (Lipinski definition) is 2. The first-order valence-electron chi connectivity index (χ1n) is 5.92. The first-order valence-corrected chi connectivity index (χ1v) is 5.92. The van der Waals surface area contributed by atoms with Gasteiger partial charge in [0.1, 0.15) is 0 Å². The van der Waals surface area contributed by atoms with Gasteiger partial charge in [-0.3, -0.25) is 4.79 Å². The number of nitrogens with one attached hydrogen (secondary N) is 1. The average Bonchev–Trinajstić information content (AvgIpc) is 2.83. The molecular weight excluding hydrogens is 190 g/mol. The number of carbonyl (C=O) groups is 1. The minimum Gasteiger partial charge on any atom is -0.368 e. The molecule has 4 heteroatoms. The van der Waals surface area contributed by atoms with Crippen molar-refractivity contribution >= 4 is 5.91 Å². The SMILES string of the molecule is CN(CC(NC1CC1)C(N)=O)C1CCC1. The lowest BCUT2D eigenvalue weighted by molar-refractivity contribution is -0.120. The lowest BCUT2D eigenvalue weighted by atomic mass is 9.91. The molecule has 0 bridgehead atoms. The Morgan fingerprint density at radius 3 is 2.53 bits per heavy atom. The van der Waals surface area contributed by atoms with Crippen LogP contribution in [0.15, 0.2) is 0 Å². The number of carbonyl (C=O) groups excluding carboxylic acids is 1. The molecule has 2 aliphatic rings. The van der Waals surface area contributed by atoms with Gasteiger partial charge >= 0.3 is 0 Å². The van der Waals surface area contributed by atoms with Crippen molar-refractivity contribution < 1.29 is 4.79 Å². The molecule has 1 unspecified atom stereocenters. The van der Waals surface area contributed by atoms with Gasteiger partial charge in [-0.2, -0.15) is 0 Å². The van der Waals surface area contributed by atoms with Gasteiger partial charge in [-0.1, -0.05) is 6.42 Å². The minimum absolute atomic E-state index is 0.164. The van der Waals surface area contributed by atoms with E-state index in [-0.39, 0.29) is 11.9 Å². The summed E-state index contributed by atoms with van der Waals surface area (Å²) in [4.78, 5) is 13.5. The van der Waals surface area contributed by atoms with Crippen molar-refractivity contribution in [3.63, 3.8) is 0 Å². The molecule has 86 valence electrons. The van der Waals surface area contributed by atoms with E-state index in [1.54, 1.807) is 0 Å². The molecule has 0 saturated heterocycles. The van der Waals surface area contributed by atoms with Gasteiger partial charge in [0.05, 0.1) is 6.04 Å². The molecule has 2 saturated carbocycles. The Hall–Kier alpha value is -0.610. The maximum atomic E-state index is 11.3. The van der Waals surface area contributed by atoms with Gasteiger partial charge in [-0.15, -0.1) is 0 Å². The molecule has 0 aromatic heterocycles. The number of hydrogen-bond acceptors (Lipinski definition) is 3. The van der Waals surface area contributed by atoms with Crippen LogP contribution in [0.2, 0.25) is 0 Å². The van der Waals surface area contributed by atoms with Crippen molar-refractivity contribution in [2.75, 3.05) is 13.6 Å². The van der Waals surface area contributed by atoms with E-state index in [1.165, 1.54) is 32.1 Å². The van der Waals surface area contributed by atoms with E-state index in [4.69, 9.17) is 5.73 Å². The molecule has 0 heterocycles. The quantitative estimate of drug-likeness (QED) is 0.654. The average molecular weight is 211 g/mol. The highest BCUT2D eigenvalue weighted by molar-refractivity contribution is 5.80. The van der Waals surface area contributed by atoms with Crippen molar-refractivity contribution in [3.8, 4) is 0 Å². The number of rotatable bonds is 6. The minimum atomic E-state index is -0.215. The van der Waals surface area contributed by atoms with Gasteiger partial charge in [0.2, 0.25) is 5.91 Å². The summed E-state index contributed by atoms with van der Waals surface area (Å²) in [5.74, 6) is -0.215. The molecule has 2 rings (SSSR count). The van der Waals surface area contributed by atoms with E-state index in [1.807, 2.05) is 0 Å².